The Morgan fingerprint density at radius 1 is 1.24 bits per heavy atom. The Kier molecular flexibility index (Phi) is 4.62. The van der Waals surface area contributed by atoms with Crippen molar-refractivity contribution in [2.24, 2.45) is 5.73 Å². The van der Waals surface area contributed by atoms with Crippen LogP contribution in [0.2, 0.25) is 0 Å². The molecule has 2 rings (SSSR count). The lowest BCUT2D eigenvalue weighted by molar-refractivity contribution is 0.103. The lowest BCUT2D eigenvalue weighted by atomic mass is 10.2. The van der Waals surface area contributed by atoms with E-state index in [1.165, 1.54) is 6.07 Å². The van der Waals surface area contributed by atoms with Crippen LogP contribution in [0.15, 0.2) is 24.3 Å². The summed E-state index contributed by atoms with van der Waals surface area (Å²) in [5, 5.41) is 2.29. The molecular formula is C14H9F3N2OS. The van der Waals surface area contributed by atoms with Gasteiger partial charge in [-0.1, -0.05) is 11.8 Å². The molecule has 1 aromatic carbocycles. The van der Waals surface area contributed by atoms with Crippen molar-refractivity contribution in [3.8, 4) is 11.8 Å². The second-order valence-electron chi connectivity index (χ2n) is 3.88. The van der Waals surface area contributed by atoms with Crippen molar-refractivity contribution in [3.05, 3.63) is 51.5 Å². The zero-order valence-corrected chi connectivity index (χ0v) is 11.4. The molecule has 1 heterocycles. The Morgan fingerprint density at radius 2 is 1.90 bits per heavy atom. The van der Waals surface area contributed by atoms with E-state index in [1.54, 1.807) is 6.07 Å². The lowest BCUT2D eigenvalue weighted by Crippen LogP contribution is -2.11. The van der Waals surface area contributed by atoms with Crippen LogP contribution in [-0.2, 0) is 0 Å². The Balaban J connectivity index is 2.16. The fourth-order valence-electron chi connectivity index (χ4n) is 1.49. The van der Waals surface area contributed by atoms with E-state index in [0.717, 1.165) is 11.3 Å². The molecule has 0 saturated carbocycles. The van der Waals surface area contributed by atoms with Crippen molar-refractivity contribution in [2.75, 3.05) is 11.9 Å². The van der Waals surface area contributed by atoms with E-state index in [1.807, 2.05) is 0 Å². The summed E-state index contributed by atoms with van der Waals surface area (Å²) in [7, 11) is 0. The molecule has 0 aliphatic carbocycles. The minimum atomic E-state index is -1.58. The van der Waals surface area contributed by atoms with Gasteiger partial charge in [-0.25, -0.2) is 13.2 Å². The van der Waals surface area contributed by atoms with Crippen LogP contribution < -0.4 is 11.1 Å². The predicted octanol–water partition coefficient (Wildman–Crippen LogP) is 2.73. The molecule has 0 aliphatic rings. The summed E-state index contributed by atoms with van der Waals surface area (Å²) in [5.74, 6) is 0.524. The van der Waals surface area contributed by atoms with E-state index < -0.39 is 23.4 Å². The van der Waals surface area contributed by atoms with E-state index in [4.69, 9.17) is 5.73 Å². The maximum absolute atomic E-state index is 13.0. The molecule has 21 heavy (non-hydrogen) atoms. The molecule has 0 unspecified atom stereocenters. The standard InChI is InChI=1S/C14H9F3N2OS/c15-10-6-8(7-11(16)13(10)17)19-14(20)12-4-3-9(21-12)2-1-5-18/h3-4,6-7H,5,18H2,(H,19,20). The van der Waals surface area contributed by atoms with Crippen LogP contribution in [-0.4, -0.2) is 12.5 Å². The van der Waals surface area contributed by atoms with E-state index in [9.17, 15) is 18.0 Å². The SMILES string of the molecule is NCC#Cc1ccc(C(=O)Nc2cc(F)c(F)c(F)c2)s1. The fourth-order valence-corrected chi connectivity index (χ4v) is 2.26. The highest BCUT2D eigenvalue weighted by atomic mass is 32.1. The number of nitrogens with one attached hydrogen (secondary N) is 1. The average molecular weight is 310 g/mol. The van der Waals surface area contributed by atoms with Crippen molar-refractivity contribution in [2.45, 2.75) is 0 Å². The highest BCUT2D eigenvalue weighted by molar-refractivity contribution is 7.14. The number of benzene rings is 1. The number of rotatable bonds is 2. The summed E-state index contributed by atoms with van der Waals surface area (Å²) in [6.07, 6.45) is 0. The smallest absolute Gasteiger partial charge is 0.265 e. The molecule has 3 N–H and O–H groups in total. The molecule has 0 atom stereocenters. The molecule has 2 aromatic rings. The highest BCUT2D eigenvalue weighted by Gasteiger charge is 2.14. The van der Waals surface area contributed by atoms with Crippen LogP contribution in [0.1, 0.15) is 14.5 Å². The van der Waals surface area contributed by atoms with Gasteiger partial charge in [0.2, 0.25) is 0 Å². The molecule has 108 valence electrons. The van der Waals surface area contributed by atoms with Gasteiger partial charge in [-0.05, 0) is 12.1 Å². The highest BCUT2D eigenvalue weighted by Crippen LogP contribution is 2.20. The normalized spacial score (nSPS) is 9.90. The number of thiophene rings is 1. The first-order chi connectivity index (χ1) is 10.0. The summed E-state index contributed by atoms with van der Waals surface area (Å²) in [6, 6.07) is 4.57. The van der Waals surface area contributed by atoms with Crippen molar-refractivity contribution in [3.63, 3.8) is 0 Å². The molecule has 1 amide bonds. The molecule has 0 saturated heterocycles. The van der Waals surface area contributed by atoms with Crippen molar-refractivity contribution in [1.82, 2.24) is 0 Å². The van der Waals surface area contributed by atoms with Crippen LogP contribution in [0.5, 0.6) is 0 Å². The number of carbonyl (C=O) groups is 1. The maximum Gasteiger partial charge on any atom is 0.265 e. The van der Waals surface area contributed by atoms with E-state index in [-0.39, 0.29) is 12.2 Å². The monoisotopic (exact) mass is 310 g/mol. The first-order valence-corrected chi connectivity index (χ1v) is 6.57. The van der Waals surface area contributed by atoms with Gasteiger partial charge in [0, 0.05) is 17.8 Å². The molecular weight excluding hydrogens is 301 g/mol. The largest absolute Gasteiger partial charge is 0.321 e. The van der Waals surface area contributed by atoms with E-state index in [0.29, 0.717) is 21.9 Å². The van der Waals surface area contributed by atoms with Crippen LogP contribution >= 0.6 is 11.3 Å². The molecule has 0 fully saturated rings. The van der Waals surface area contributed by atoms with Gasteiger partial charge in [0.1, 0.15) is 0 Å². The quantitative estimate of drug-likeness (QED) is 0.662. The Labute approximate surface area is 122 Å². The van der Waals surface area contributed by atoms with Gasteiger partial charge in [0.05, 0.1) is 16.3 Å². The second kappa shape index (κ2) is 6.43. The van der Waals surface area contributed by atoms with Gasteiger partial charge < -0.3 is 11.1 Å². The maximum atomic E-state index is 13.0. The number of carbonyl (C=O) groups excluding carboxylic acids is 1. The zero-order chi connectivity index (χ0) is 15.4. The number of hydrogen-bond donors (Lipinski definition) is 2. The first-order valence-electron chi connectivity index (χ1n) is 5.76. The molecule has 0 aliphatic heterocycles. The number of amides is 1. The summed E-state index contributed by atoms with van der Waals surface area (Å²) < 4.78 is 38.9. The molecule has 1 aromatic heterocycles. The molecule has 3 nitrogen and oxygen atoms in total. The number of anilines is 1. The average Bonchev–Trinajstić information content (AvgIpc) is 2.91. The van der Waals surface area contributed by atoms with E-state index in [2.05, 4.69) is 17.2 Å². The van der Waals surface area contributed by atoms with E-state index >= 15 is 0 Å². The number of nitrogens with two attached hydrogens (primary N) is 1. The van der Waals surface area contributed by atoms with Gasteiger partial charge in [-0.15, -0.1) is 11.3 Å². The fraction of sp³-hybridized carbons (Fsp3) is 0.0714. The van der Waals surface area contributed by atoms with Crippen LogP contribution in [0.3, 0.4) is 0 Å². The third-order valence-corrected chi connectivity index (χ3v) is 3.38. The summed E-state index contributed by atoms with van der Waals surface area (Å²) in [5.41, 5.74) is 5.07. The Hall–Kier alpha value is -2.30. The third-order valence-electron chi connectivity index (χ3n) is 2.39. The van der Waals surface area contributed by atoms with Crippen molar-refractivity contribution < 1.29 is 18.0 Å². The van der Waals surface area contributed by atoms with Gasteiger partial charge in [0.25, 0.3) is 5.91 Å². The Morgan fingerprint density at radius 3 is 2.52 bits per heavy atom. The lowest BCUT2D eigenvalue weighted by Gasteiger charge is -2.04. The minimum absolute atomic E-state index is 0.167. The Bertz CT molecular complexity index is 723. The summed E-state index contributed by atoms with van der Waals surface area (Å²) >= 11 is 1.11. The van der Waals surface area contributed by atoms with Crippen LogP contribution in [0.4, 0.5) is 18.9 Å². The topological polar surface area (TPSA) is 55.1 Å². The van der Waals surface area contributed by atoms with Crippen molar-refractivity contribution >= 4 is 22.9 Å². The van der Waals surface area contributed by atoms with Crippen LogP contribution in [0.25, 0.3) is 0 Å². The van der Waals surface area contributed by atoms with Gasteiger partial charge in [-0.2, -0.15) is 0 Å². The number of hydrogen-bond acceptors (Lipinski definition) is 3. The molecule has 7 heteroatoms. The minimum Gasteiger partial charge on any atom is -0.321 e. The van der Waals surface area contributed by atoms with Gasteiger partial charge >= 0.3 is 0 Å². The predicted molar refractivity (Wildman–Crippen MR) is 74.5 cm³/mol. The van der Waals surface area contributed by atoms with Gasteiger partial charge in [-0.3, -0.25) is 4.79 Å². The summed E-state index contributed by atoms with van der Waals surface area (Å²) in [6.45, 7) is 0.202. The molecule has 0 spiro atoms. The summed E-state index contributed by atoms with van der Waals surface area (Å²) in [4.78, 5) is 12.8. The molecule has 0 radical (unpaired) electrons. The zero-order valence-electron chi connectivity index (χ0n) is 10.5. The van der Waals surface area contributed by atoms with Crippen LogP contribution in [0, 0.1) is 29.3 Å². The van der Waals surface area contributed by atoms with Gasteiger partial charge in [0.15, 0.2) is 17.5 Å². The third kappa shape index (κ3) is 3.62. The van der Waals surface area contributed by atoms with Crippen molar-refractivity contribution in [1.29, 1.82) is 0 Å². The number of halogens is 3. The first kappa shape index (κ1) is 15.1. The second-order valence-corrected chi connectivity index (χ2v) is 4.96. The molecule has 0 bridgehead atoms.